The van der Waals surface area contributed by atoms with E-state index in [0.29, 0.717) is 13.1 Å². The van der Waals surface area contributed by atoms with Crippen LogP contribution >= 0.6 is 0 Å². The van der Waals surface area contributed by atoms with E-state index < -0.39 is 10.0 Å². The van der Waals surface area contributed by atoms with Gasteiger partial charge in [0.2, 0.25) is 10.0 Å². The second-order valence-corrected chi connectivity index (χ2v) is 6.52. The minimum atomic E-state index is -3.59. The first-order valence-electron chi connectivity index (χ1n) is 6.75. The Morgan fingerprint density at radius 3 is 2.62 bits per heavy atom. The minimum absolute atomic E-state index is 0.0860. The topological polar surface area (TPSA) is 75.4 Å². The summed E-state index contributed by atoms with van der Waals surface area (Å²) in [6, 6.07) is 9.70. The number of hydrogen-bond acceptors (Lipinski definition) is 4. The van der Waals surface area contributed by atoms with Gasteiger partial charge in [0.1, 0.15) is 4.90 Å². The second-order valence-electron chi connectivity index (χ2n) is 4.58. The minimum Gasteiger partial charge on any atom is -0.395 e. The van der Waals surface area contributed by atoms with Crippen LogP contribution < -0.4 is 0 Å². The van der Waals surface area contributed by atoms with Crippen LogP contribution in [0.5, 0.6) is 0 Å². The first-order chi connectivity index (χ1) is 10.1. The predicted octanol–water partition coefficient (Wildman–Crippen LogP) is 0.934. The fourth-order valence-corrected chi connectivity index (χ4v) is 3.44. The molecule has 21 heavy (non-hydrogen) atoms. The number of aromatic nitrogens is 2. The smallest absolute Gasteiger partial charge is 0.246 e. The number of rotatable bonds is 7. The first kappa shape index (κ1) is 15.7. The van der Waals surface area contributed by atoms with Crippen LogP contribution in [0.25, 0.3) is 0 Å². The maximum atomic E-state index is 12.4. The summed E-state index contributed by atoms with van der Waals surface area (Å²) in [5, 5.41) is 13.1. The van der Waals surface area contributed by atoms with Gasteiger partial charge in [-0.05, 0) is 5.56 Å². The van der Waals surface area contributed by atoms with Gasteiger partial charge in [-0.3, -0.25) is 4.68 Å². The van der Waals surface area contributed by atoms with E-state index in [-0.39, 0.29) is 18.0 Å². The summed E-state index contributed by atoms with van der Waals surface area (Å²) >= 11 is 0. The normalized spacial score (nSPS) is 12.0. The van der Waals surface area contributed by atoms with E-state index in [0.717, 1.165) is 5.56 Å². The highest BCUT2D eigenvalue weighted by atomic mass is 32.2. The van der Waals surface area contributed by atoms with Crippen molar-refractivity contribution < 1.29 is 13.5 Å². The Kier molecular flexibility index (Phi) is 5.11. The number of sulfonamides is 1. The molecular weight excluding hydrogens is 290 g/mol. The van der Waals surface area contributed by atoms with E-state index in [9.17, 15) is 8.42 Å². The lowest BCUT2D eigenvalue weighted by atomic mass is 10.2. The van der Waals surface area contributed by atoms with E-state index in [2.05, 4.69) is 5.10 Å². The molecule has 1 heterocycles. The highest BCUT2D eigenvalue weighted by Gasteiger charge is 2.24. The SMILES string of the molecule is CCN(CCO)S(=O)(=O)c1cnn(Cc2ccccc2)c1. The van der Waals surface area contributed by atoms with Crippen molar-refractivity contribution >= 4 is 10.0 Å². The van der Waals surface area contributed by atoms with Gasteiger partial charge in [-0.1, -0.05) is 37.3 Å². The summed E-state index contributed by atoms with van der Waals surface area (Å²) in [6.45, 7) is 2.45. The van der Waals surface area contributed by atoms with Crippen LogP contribution in [-0.4, -0.2) is 47.3 Å². The molecule has 0 unspecified atom stereocenters. The lowest BCUT2D eigenvalue weighted by molar-refractivity contribution is 0.257. The monoisotopic (exact) mass is 309 g/mol. The van der Waals surface area contributed by atoms with Gasteiger partial charge in [0.15, 0.2) is 0 Å². The van der Waals surface area contributed by atoms with Gasteiger partial charge in [0.25, 0.3) is 0 Å². The highest BCUT2D eigenvalue weighted by Crippen LogP contribution is 2.15. The van der Waals surface area contributed by atoms with Crippen molar-refractivity contribution in [2.24, 2.45) is 0 Å². The molecule has 0 radical (unpaired) electrons. The standard InChI is InChI=1S/C14H19N3O3S/c1-2-17(8-9-18)21(19,20)14-10-15-16(12-14)11-13-6-4-3-5-7-13/h3-7,10,12,18H,2,8-9,11H2,1H3. The third-order valence-electron chi connectivity index (χ3n) is 3.14. The highest BCUT2D eigenvalue weighted by molar-refractivity contribution is 7.89. The fraction of sp³-hybridized carbons (Fsp3) is 0.357. The molecule has 0 fully saturated rings. The number of aliphatic hydroxyl groups is 1. The molecule has 0 atom stereocenters. The molecule has 1 aromatic heterocycles. The van der Waals surface area contributed by atoms with Gasteiger partial charge in [-0.25, -0.2) is 8.42 Å². The molecule has 1 aromatic carbocycles. The van der Waals surface area contributed by atoms with Crippen LogP contribution in [0, 0.1) is 0 Å². The molecule has 0 aliphatic carbocycles. The molecule has 7 heteroatoms. The lowest BCUT2D eigenvalue weighted by Crippen LogP contribution is -2.33. The number of aliphatic hydroxyl groups excluding tert-OH is 1. The third kappa shape index (κ3) is 3.69. The summed E-state index contributed by atoms with van der Waals surface area (Å²) in [4.78, 5) is 0.147. The van der Waals surface area contributed by atoms with Crippen molar-refractivity contribution in [2.45, 2.75) is 18.4 Å². The van der Waals surface area contributed by atoms with E-state index in [1.54, 1.807) is 11.6 Å². The van der Waals surface area contributed by atoms with Crippen LogP contribution in [0.4, 0.5) is 0 Å². The summed E-state index contributed by atoms with van der Waals surface area (Å²) in [6.07, 6.45) is 2.86. The van der Waals surface area contributed by atoms with Crippen molar-refractivity contribution in [3.8, 4) is 0 Å². The van der Waals surface area contributed by atoms with Crippen molar-refractivity contribution in [1.29, 1.82) is 0 Å². The molecule has 1 N–H and O–H groups in total. The van der Waals surface area contributed by atoms with Gasteiger partial charge in [0, 0.05) is 19.3 Å². The van der Waals surface area contributed by atoms with Crippen LogP contribution in [0.15, 0.2) is 47.6 Å². The van der Waals surface area contributed by atoms with Crippen LogP contribution in [0.3, 0.4) is 0 Å². The lowest BCUT2D eigenvalue weighted by Gasteiger charge is -2.17. The molecule has 114 valence electrons. The zero-order valence-corrected chi connectivity index (χ0v) is 12.7. The third-order valence-corrected chi connectivity index (χ3v) is 5.06. The summed E-state index contributed by atoms with van der Waals surface area (Å²) in [5.74, 6) is 0. The zero-order valence-electron chi connectivity index (χ0n) is 11.9. The van der Waals surface area contributed by atoms with Gasteiger partial charge < -0.3 is 5.11 Å². The molecule has 0 saturated carbocycles. The molecule has 2 aromatic rings. The molecular formula is C14H19N3O3S. The Morgan fingerprint density at radius 2 is 2.00 bits per heavy atom. The van der Waals surface area contributed by atoms with E-state index in [4.69, 9.17) is 5.11 Å². The molecule has 0 aliphatic heterocycles. The average Bonchev–Trinajstić information content (AvgIpc) is 2.95. The number of benzene rings is 1. The molecule has 0 spiro atoms. The number of hydrogen-bond donors (Lipinski definition) is 1. The van der Waals surface area contributed by atoms with Gasteiger partial charge in [-0.15, -0.1) is 0 Å². The Balaban J connectivity index is 2.19. The summed E-state index contributed by atoms with van der Waals surface area (Å²) in [5.41, 5.74) is 1.05. The van der Waals surface area contributed by atoms with Crippen molar-refractivity contribution in [1.82, 2.24) is 14.1 Å². The number of likely N-dealkylation sites (N-methyl/N-ethyl adjacent to an activating group) is 1. The predicted molar refractivity (Wildman–Crippen MR) is 79.3 cm³/mol. The Morgan fingerprint density at radius 1 is 1.29 bits per heavy atom. The quantitative estimate of drug-likeness (QED) is 0.826. The Hall–Kier alpha value is -1.70. The largest absolute Gasteiger partial charge is 0.395 e. The van der Waals surface area contributed by atoms with Crippen LogP contribution in [0.1, 0.15) is 12.5 Å². The molecule has 0 amide bonds. The Labute approximate surface area is 124 Å². The summed E-state index contributed by atoms with van der Waals surface area (Å²) < 4.78 is 27.6. The Bertz CT molecular complexity index is 668. The zero-order chi connectivity index (χ0) is 15.3. The van der Waals surface area contributed by atoms with Gasteiger partial charge in [0.05, 0.1) is 19.3 Å². The maximum absolute atomic E-state index is 12.4. The van der Waals surface area contributed by atoms with Gasteiger partial charge >= 0.3 is 0 Å². The average molecular weight is 309 g/mol. The molecule has 0 aliphatic rings. The first-order valence-corrected chi connectivity index (χ1v) is 8.19. The fourth-order valence-electron chi connectivity index (χ4n) is 2.04. The summed E-state index contributed by atoms with van der Waals surface area (Å²) in [7, 11) is -3.59. The second kappa shape index (κ2) is 6.84. The van der Waals surface area contributed by atoms with Crippen molar-refractivity contribution in [3.05, 3.63) is 48.3 Å². The van der Waals surface area contributed by atoms with E-state index in [1.807, 2.05) is 30.3 Å². The number of nitrogens with zero attached hydrogens (tertiary/aromatic N) is 3. The van der Waals surface area contributed by atoms with E-state index >= 15 is 0 Å². The van der Waals surface area contributed by atoms with Gasteiger partial charge in [-0.2, -0.15) is 9.40 Å². The maximum Gasteiger partial charge on any atom is 0.246 e. The van der Waals surface area contributed by atoms with Crippen LogP contribution in [-0.2, 0) is 16.6 Å². The van der Waals surface area contributed by atoms with Crippen LogP contribution in [0.2, 0.25) is 0 Å². The molecule has 0 saturated heterocycles. The van der Waals surface area contributed by atoms with Crippen molar-refractivity contribution in [3.63, 3.8) is 0 Å². The molecule has 0 bridgehead atoms. The van der Waals surface area contributed by atoms with E-state index in [1.165, 1.54) is 16.7 Å². The molecule has 2 rings (SSSR count). The van der Waals surface area contributed by atoms with Crippen molar-refractivity contribution in [2.75, 3.05) is 19.7 Å². The molecule has 6 nitrogen and oxygen atoms in total.